The van der Waals surface area contributed by atoms with Crippen molar-refractivity contribution in [3.8, 4) is 0 Å². The molecule has 0 amide bonds. The van der Waals surface area contributed by atoms with Crippen molar-refractivity contribution in [1.29, 1.82) is 0 Å². The molecule has 0 unspecified atom stereocenters. The van der Waals surface area contributed by atoms with E-state index in [0.29, 0.717) is 19.0 Å². The number of rotatable bonds is 4. The van der Waals surface area contributed by atoms with E-state index in [1.807, 2.05) is 0 Å². The molecule has 0 aliphatic rings. The first-order valence-corrected chi connectivity index (χ1v) is 4.29. The topological polar surface area (TPSA) is 47.6 Å². The van der Waals surface area contributed by atoms with Gasteiger partial charge >= 0.3 is 0 Å². The summed E-state index contributed by atoms with van der Waals surface area (Å²) in [5.41, 5.74) is 6.38. The van der Waals surface area contributed by atoms with Gasteiger partial charge in [-0.1, -0.05) is 0 Å². The van der Waals surface area contributed by atoms with Gasteiger partial charge in [0.05, 0.1) is 13.2 Å². The van der Waals surface area contributed by atoms with Crippen LogP contribution in [0.5, 0.6) is 0 Å². The molecule has 0 aromatic heterocycles. The second kappa shape index (κ2) is 5.34. The fraction of sp³-hybridized carbons (Fsp3) is 0.300. The minimum absolute atomic E-state index is 0.279. The fourth-order valence-corrected chi connectivity index (χ4v) is 0.969. The van der Waals surface area contributed by atoms with Crippen LogP contribution in [0.25, 0.3) is 0 Å². The molecule has 1 aromatic carbocycles. The second-order valence-corrected chi connectivity index (χ2v) is 2.77. The van der Waals surface area contributed by atoms with Crippen molar-refractivity contribution in [1.82, 2.24) is 0 Å². The average molecular weight is 196 g/mol. The minimum atomic E-state index is -0.279. The highest BCUT2D eigenvalue weighted by Crippen LogP contribution is 2.01. The maximum absolute atomic E-state index is 12.6. The molecule has 14 heavy (non-hydrogen) atoms. The van der Waals surface area contributed by atoms with Gasteiger partial charge in [-0.15, -0.1) is 0 Å². The van der Waals surface area contributed by atoms with Crippen molar-refractivity contribution >= 4 is 5.84 Å². The Hall–Kier alpha value is -1.42. The predicted molar refractivity (Wildman–Crippen MR) is 53.9 cm³/mol. The molecule has 3 nitrogen and oxygen atoms in total. The number of methoxy groups -OCH3 is 1. The van der Waals surface area contributed by atoms with Crippen molar-refractivity contribution in [3.63, 3.8) is 0 Å². The number of benzene rings is 1. The molecule has 0 aliphatic heterocycles. The zero-order valence-corrected chi connectivity index (χ0v) is 8.03. The Morgan fingerprint density at radius 2 is 2.07 bits per heavy atom. The van der Waals surface area contributed by atoms with E-state index >= 15 is 0 Å². The van der Waals surface area contributed by atoms with Crippen LogP contribution < -0.4 is 5.73 Å². The molecule has 4 heteroatoms. The van der Waals surface area contributed by atoms with Crippen LogP contribution in [-0.2, 0) is 4.74 Å². The summed E-state index contributed by atoms with van der Waals surface area (Å²) in [7, 11) is 1.60. The first kappa shape index (κ1) is 10.7. The van der Waals surface area contributed by atoms with Crippen molar-refractivity contribution in [2.45, 2.75) is 0 Å². The van der Waals surface area contributed by atoms with Crippen molar-refractivity contribution in [3.05, 3.63) is 35.6 Å². The van der Waals surface area contributed by atoms with Crippen LogP contribution in [0, 0.1) is 5.82 Å². The molecule has 0 aliphatic carbocycles. The number of halogens is 1. The van der Waals surface area contributed by atoms with Crippen LogP contribution in [0.2, 0.25) is 0 Å². The van der Waals surface area contributed by atoms with Crippen LogP contribution in [0.3, 0.4) is 0 Å². The lowest BCUT2D eigenvalue weighted by molar-refractivity contribution is 0.208. The molecule has 0 radical (unpaired) electrons. The first-order valence-electron chi connectivity index (χ1n) is 4.29. The fourth-order valence-electron chi connectivity index (χ4n) is 0.969. The smallest absolute Gasteiger partial charge is 0.125 e. The number of hydrogen-bond donors (Lipinski definition) is 1. The maximum Gasteiger partial charge on any atom is 0.125 e. The Kier molecular flexibility index (Phi) is 4.07. The molecule has 76 valence electrons. The number of ether oxygens (including phenoxy) is 1. The maximum atomic E-state index is 12.6. The quantitative estimate of drug-likeness (QED) is 0.446. The summed E-state index contributed by atoms with van der Waals surface area (Å²) in [4.78, 5) is 4.06. The van der Waals surface area contributed by atoms with E-state index in [1.165, 1.54) is 12.1 Å². The van der Waals surface area contributed by atoms with Gasteiger partial charge in [-0.3, -0.25) is 4.99 Å². The van der Waals surface area contributed by atoms with Gasteiger partial charge in [0.1, 0.15) is 11.7 Å². The summed E-state index contributed by atoms with van der Waals surface area (Å²) in [6.07, 6.45) is 0. The Morgan fingerprint density at radius 3 is 2.64 bits per heavy atom. The van der Waals surface area contributed by atoms with Crippen LogP contribution in [0.4, 0.5) is 4.39 Å². The Balaban J connectivity index is 2.64. The summed E-state index contributed by atoms with van der Waals surface area (Å²) in [6, 6.07) is 5.91. The van der Waals surface area contributed by atoms with Crippen LogP contribution in [0.1, 0.15) is 5.56 Å². The summed E-state index contributed by atoms with van der Waals surface area (Å²) in [5, 5.41) is 0. The van der Waals surface area contributed by atoms with Gasteiger partial charge in [0.25, 0.3) is 0 Å². The SMILES string of the molecule is COCCN=C(N)c1ccc(F)cc1. The molecule has 0 heterocycles. The second-order valence-electron chi connectivity index (χ2n) is 2.77. The molecule has 0 atom stereocenters. The first-order chi connectivity index (χ1) is 6.74. The molecule has 0 spiro atoms. The highest BCUT2D eigenvalue weighted by Gasteiger charge is 1.97. The van der Waals surface area contributed by atoms with E-state index in [4.69, 9.17) is 10.5 Å². The largest absolute Gasteiger partial charge is 0.384 e. The third kappa shape index (κ3) is 3.14. The normalized spacial score (nSPS) is 11.7. The lowest BCUT2D eigenvalue weighted by Gasteiger charge is -2.00. The van der Waals surface area contributed by atoms with Gasteiger partial charge in [-0.05, 0) is 24.3 Å². The van der Waals surface area contributed by atoms with Crippen LogP contribution in [-0.4, -0.2) is 26.1 Å². The van der Waals surface area contributed by atoms with Crippen molar-refractivity contribution in [2.75, 3.05) is 20.3 Å². The number of nitrogens with zero attached hydrogens (tertiary/aromatic N) is 1. The van der Waals surface area contributed by atoms with Gasteiger partial charge in [-0.25, -0.2) is 4.39 Å². The molecular weight excluding hydrogens is 183 g/mol. The van der Waals surface area contributed by atoms with E-state index in [0.717, 1.165) is 5.56 Å². The van der Waals surface area contributed by atoms with Crippen LogP contribution >= 0.6 is 0 Å². The standard InChI is InChI=1S/C10H13FN2O/c1-14-7-6-13-10(12)8-2-4-9(11)5-3-8/h2-5H,6-7H2,1H3,(H2,12,13). The van der Waals surface area contributed by atoms with E-state index in [9.17, 15) is 4.39 Å². The highest BCUT2D eigenvalue weighted by molar-refractivity contribution is 5.97. The molecule has 2 N–H and O–H groups in total. The van der Waals surface area contributed by atoms with Gasteiger partial charge in [0, 0.05) is 12.7 Å². The Bertz CT molecular complexity index is 308. The Labute approximate surface area is 82.4 Å². The number of amidine groups is 1. The van der Waals surface area contributed by atoms with Gasteiger partial charge in [0.15, 0.2) is 0 Å². The summed E-state index contributed by atoms with van der Waals surface area (Å²) >= 11 is 0. The Morgan fingerprint density at radius 1 is 1.43 bits per heavy atom. The third-order valence-corrected chi connectivity index (χ3v) is 1.72. The minimum Gasteiger partial charge on any atom is -0.384 e. The average Bonchev–Trinajstić information content (AvgIpc) is 2.19. The van der Waals surface area contributed by atoms with Crippen molar-refractivity contribution < 1.29 is 9.13 Å². The predicted octanol–water partition coefficient (Wildman–Crippen LogP) is 1.18. The van der Waals surface area contributed by atoms with Gasteiger partial charge < -0.3 is 10.5 Å². The van der Waals surface area contributed by atoms with Gasteiger partial charge in [0.2, 0.25) is 0 Å². The summed E-state index contributed by atoms with van der Waals surface area (Å²) in [5.74, 6) is 0.125. The number of aliphatic imine (C=N–C) groups is 1. The summed E-state index contributed by atoms with van der Waals surface area (Å²) < 4.78 is 17.4. The van der Waals surface area contributed by atoms with Crippen molar-refractivity contribution in [2.24, 2.45) is 10.7 Å². The summed E-state index contributed by atoms with van der Waals surface area (Å²) in [6.45, 7) is 1.04. The molecule has 0 saturated carbocycles. The highest BCUT2D eigenvalue weighted by atomic mass is 19.1. The zero-order chi connectivity index (χ0) is 10.4. The molecular formula is C10H13FN2O. The van der Waals surface area contributed by atoms with E-state index in [-0.39, 0.29) is 5.82 Å². The molecule has 0 fully saturated rings. The molecule has 0 bridgehead atoms. The van der Waals surface area contributed by atoms with Crippen LogP contribution in [0.15, 0.2) is 29.3 Å². The molecule has 1 rings (SSSR count). The van der Waals surface area contributed by atoms with E-state index in [1.54, 1.807) is 19.2 Å². The molecule has 0 saturated heterocycles. The monoisotopic (exact) mass is 196 g/mol. The lowest BCUT2D eigenvalue weighted by Crippen LogP contribution is -2.14. The van der Waals surface area contributed by atoms with Gasteiger partial charge in [-0.2, -0.15) is 0 Å². The number of hydrogen-bond acceptors (Lipinski definition) is 2. The van der Waals surface area contributed by atoms with E-state index < -0.39 is 0 Å². The zero-order valence-electron chi connectivity index (χ0n) is 8.03. The number of nitrogens with two attached hydrogens (primary N) is 1. The lowest BCUT2D eigenvalue weighted by atomic mass is 10.2. The third-order valence-electron chi connectivity index (χ3n) is 1.72. The van der Waals surface area contributed by atoms with E-state index in [2.05, 4.69) is 4.99 Å². The molecule has 1 aromatic rings.